The largest absolute Gasteiger partial charge is 0.478 e. The van der Waals surface area contributed by atoms with Gasteiger partial charge in [-0.25, -0.2) is 19.2 Å². The van der Waals surface area contributed by atoms with Crippen LogP contribution in [0.25, 0.3) is 0 Å². The number of aromatic carboxylic acids is 4. The Morgan fingerprint density at radius 1 is 0.465 bits per heavy atom. The highest BCUT2D eigenvalue weighted by Gasteiger charge is 2.24. The van der Waals surface area contributed by atoms with E-state index in [1.165, 1.54) is 24.3 Å². The van der Waals surface area contributed by atoms with E-state index < -0.39 is 29.3 Å². The maximum atomic E-state index is 11.4. The molecule has 43 heavy (non-hydrogen) atoms. The summed E-state index contributed by atoms with van der Waals surface area (Å²) < 4.78 is 11.5. The molecule has 12 nitrogen and oxygen atoms in total. The van der Waals surface area contributed by atoms with Gasteiger partial charge in [-0.1, -0.05) is 38.1 Å². The van der Waals surface area contributed by atoms with Crippen molar-refractivity contribution in [2.45, 2.75) is 19.3 Å². The molecule has 0 spiro atoms. The van der Waals surface area contributed by atoms with Crippen molar-refractivity contribution in [3.63, 3.8) is 0 Å². The summed E-state index contributed by atoms with van der Waals surface area (Å²) in [4.78, 5) is 45.4. The molecule has 0 amide bonds. The lowest BCUT2D eigenvalue weighted by Crippen LogP contribution is -2.18. The van der Waals surface area contributed by atoms with Crippen molar-refractivity contribution < 1.29 is 60.0 Å². The quantitative estimate of drug-likeness (QED) is 0.197. The minimum atomic E-state index is -1.37. The van der Waals surface area contributed by atoms with Gasteiger partial charge >= 0.3 is 23.9 Å². The number of benzene rings is 4. The Morgan fingerprint density at radius 3 is 1.02 bits per heavy atom. The summed E-state index contributed by atoms with van der Waals surface area (Å²) in [6, 6.07) is 21.8. The summed E-state index contributed by atoms with van der Waals surface area (Å²) in [6.07, 6.45) is 0. The molecule has 12 heteroatoms. The van der Waals surface area contributed by atoms with Crippen LogP contribution in [0, 0.1) is 0 Å². The first-order valence-electron chi connectivity index (χ1n) is 12.1. The van der Waals surface area contributed by atoms with Crippen LogP contribution in [-0.4, -0.2) is 55.3 Å². The number of hydrogen-bond donors (Lipinski definition) is 4. The van der Waals surface area contributed by atoms with Crippen molar-refractivity contribution in [1.82, 2.24) is 0 Å². The molecule has 0 radical (unpaired) electrons. The Bertz CT molecular complexity index is 1530. The van der Waals surface area contributed by atoms with Crippen LogP contribution in [0.4, 0.5) is 0 Å². The number of carboxylic acids is 4. The molecule has 0 aliphatic heterocycles. The molecule has 4 aromatic carbocycles. The second-order valence-corrected chi connectivity index (χ2v) is 9.51. The van der Waals surface area contributed by atoms with Gasteiger partial charge in [-0.05, 0) is 71.8 Å². The maximum absolute atomic E-state index is 11.4. The van der Waals surface area contributed by atoms with Gasteiger partial charge in [-0.3, -0.25) is 0 Å². The predicted molar refractivity (Wildman–Crippen MR) is 153 cm³/mol. The number of carboxylic acid groups (broad SMARTS) is 4. The minimum absolute atomic E-state index is 0. The maximum Gasteiger partial charge on any atom is 0.336 e. The van der Waals surface area contributed by atoms with Gasteiger partial charge in [0.15, 0.2) is 0 Å². The molecule has 0 atom stereocenters. The van der Waals surface area contributed by atoms with E-state index >= 15 is 0 Å². The SMILES string of the molecule is CC(C)(c1ccc(Oc2ccc(C(=O)O)c(C(=O)O)c2)cc1)c1ccc(Oc2ccc(C(=O)O)c(C(=O)O)c2)cc1.O.O. The standard InChI is InChI=1S/C31H24O10.2H2O/c1-31(2,17-3-7-19(8-4-17)40-21-11-13-23(27(32)33)25(15-21)29(36)37)18-5-9-20(10-6-18)41-22-12-14-24(28(34)35)26(16-22)30(38)39;;/h3-16H,1-2H3,(H,32,33)(H,34,35)(H,36,37)(H,38,39);2*1H2. The first-order valence-corrected chi connectivity index (χ1v) is 12.1. The van der Waals surface area contributed by atoms with Crippen LogP contribution in [0.15, 0.2) is 84.9 Å². The van der Waals surface area contributed by atoms with Gasteiger partial charge < -0.3 is 40.9 Å². The molecule has 0 aliphatic carbocycles. The van der Waals surface area contributed by atoms with E-state index in [1.807, 2.05) is 38.1 Å². The lowest BCUT2D eigenvalue weighted by Gasteiger charge is -2.26. The molecule has 4 rings (SSSR count). The molecule has 0 bridgehead atoms. The average molecular weight is 593 g/mol. The lowest BCUT2D eigenvalue weighted by atomic mass is 9.78. The van der Waals surface area contributed by atoms with Crippen LogP contribution in [0.1, 0.15) is 66.4 Å². The fourth-order valence-corrected chi connectivity index (χ4v) is 4.22. The fraction of sp³-hybridized carbons (Fsp3) is 0.0968. The minimum Gasteiger partial charge on any atom is -0.478 e. The van der Waals surface area contributed by atoms with Gasteiger partial charge in [0.2, 0.25) is 0 Å². The van der Waals surface area contributed by atoms with Crippen LogP contribution >= 0.6 is 0 Å². The Labute approximate surface area is 244 Å². The zero-order chi connectivity index (χ0) is 29.9. The van der Waals surface area contributed by atoms with E-state index in [0.29, 0.717) is 11.5 Å². The highest BCUT2D eigenvalue weighted by Crippen LogP contribution is 2.35. The molecule has 0 fully saturated rings. The summed E-state index contributed by atoms with van der Waals surface area (Å²) in [5.74, 6) is -4.20. The molecule has 0 heterocycles. The van der Waals surface area contributed by atoms with Crippen molar-refractivity contribution in [3.05, 3.63) is 118 Å². The Hall–Kier alpha value is -5.72. The summed E-state index contributed by atoms with van der Waals surface area (Å²) in [5.41, 5.74) is 0.0252. The van der Waals surface area contributed by atoms with Gasteiger partial charge in [-0.2, -0.15) is 0 Å². The first-order chi connectivity index (χ1) is 19.4. The van der Waals surface area contributed by atoms with Gasteiger partial charge in [-0.15, -0.1) is 0 Å². The number of rotatable bonds is 10. The second-order valence-electron chi connectivity index (χ2n) is 9.51. The summed E-state index contributed by atoms with van der Waals surface area (Å²) in [7, 11) is 0. The Morgan fingerprint density at radius 2 is 0.744 bits per heavy atom. The fourth-order valence-electron chi connectivity index (χ4n) is 4.22. The van der Waals surface area contributed by atoms with Crippen LogP contribution in [0.3, 0.4) is 0 Å². The molecule has 0 saturated heterocycles. The van der Waals surface area contributed by atoms with Crippen molar-refractivity contribution in [2.75, 3.05) is 0 Å². The monoisotopic (exact) mass is 592 g/mol. The molecule has 8 N–H and O–H groups in total. The number of carbonyl (C=O) groups is 4. The van der Waals surface area contributed by atoms with E-state index in [9.17, 15) is 39.6 Å². The number of ether oxygens (including phenoxy) is 2. The van der Waals surface area contributed by atoms with Crippen molar-refractivity contribution >= 4 is 23.9 Å². The van der Waals surface area contributed by atoms with E-state index in [0.717, 1.165) is 23.3 Å². The zero-order valence-corrected chi connectivity index (χ0v) is 22.8. The highest BCUT2D eigenvalue weighted by atomic mass is 16.5. The summed E-state index contributed by atoms with van der Waals surface area (Å²) in [6.45, 7) is 4.04. The van der Waals surface area contributed by atoms with Gasteiger partial charge in [0.05, 0.1) is 22.3 Å². The van der Waals surface area contributed by atoms with Crippen molar-refractivity contribution in [3.8, 4) is 23.0 Å². The van der Waals surface area contributed by atoms with Crippen molar-refractivity contribution in [1.29, 1.82) is 0 Å². The Balaban J connectivity index is 0.00000323. The third kappa shape index (κ3) is 7.33. The molecule has 0 aromatic heterocycles. The molecule has 0 unspecified atom stereocenters. The smallest absolute Gasteiger partial charge is 0.336 e. The summed E-state index contributed by atoms with van der Waals surface area (Å²) >= 11 is 0. The molecule has 4 aromatic rings. The molecule has 0 aliphatic rings. The summed E-state index contributed by atoms with van der Waals surface area (Å²) in [5, 5.41) is 37.0. The molecular weight excluding hydrogens is 564 g/mol. The molecule has 0 saturated carbocycles. The lowest BCUT2D eigenvalue weighted by molar-refractivity contribution is 0.0651. The van der Waals surface area contributed by atoms with Crippen LogP contribution in [0.5, 0.6) is 23.0 Å². The zero-order valence-electron chi connectivity index (χ0n) is 22.8. The highest BCUT2D eigenvalue weighted by molar-refractivity contribution is 6.02. The third-order valence-electron chi connectivity index (χ3n) is 6.53. The number of hydrogen-bond acceptors (Lipinski definition) is 6. The Kier molecular flexibility index (Phi) is 10.4. The first kappa shape index (κ1) is 33.5. The molecule has 224 valence electrons. The molecular formula is C31H28O12. The predicted octanol–water partition coefficient (Wildman–Crippen LogP) is 4.74. The van der Waals surface area contributed by atoms with E-state index in [1.54, 1.807) is 24.3 Å². The van der Waals surface area contributed by atoms with Crippen molar-refractivity contribution in [2.24, 2.45) is 0 Å². The van der Waals surface area contributed by atoms with Crippen LogP contribution in [0.2, 0.25) is 0 Å². The van der Waals surface area contributed by atoms with Crippen LogP contribution in [-0.2, 0) is 5.41 Å². The van der Waals surface area contributed by atoms with E-state index in [-0.39, 0.29) is 44.7 Å². The van der Waals surface area contributed by atoms with Gasteiger partial charge in [0, 0.05) is 5.41 Å². The van der Waals surface area contributed by atoms with Gasteiger partial charge in [0.1, 0.15) is 23.0 Å². The second kappa shape index (κ2) is 13.3. The van der Waals surface area contributed by atoms with Gasteiger partial charge in [0.25, 0.3) is 0 Å². The normalized spacial score (nSPS) is 10.5. The van der Waals surface area contributed by atoms with E-state index in [2.05, 4.69) is 0 Å². The average Bonchev–Trinajstić information content (AvgIpc) is 2.93. The van der Waals surface area contributed by atoms with Crippen LogP contribution < -0.4 is 9.47 Å². The third-order valence-corrected chi connectivity index (χ3v) is 6.53. The van der Waals surface area contributed by atoms with E-state index in [4.69, 9.17) is 9.47 Å². The topological polar surface area (TPSA) is 231 Å².